The molecule has 0 spiro atoms. The molecule has 0 fully saturated rings. The number of rotatable bonds is 7. The van der Waals surface area contributed by atoms with Gasteiger partial charge >= 0.3 is 0 Å². The van der Waals surface area contributed by atoms with E-state index in [4.69, 9.17) is 4.74 Å². The van der Waals surface area contributed by atoms with Crippen molar-refractivity contribution in [3.8, 4) is 5.75 Å². The van der Waals surface area contributed by atoms with Crippen LogP contribution in [0.25, 0.3) is 0 Å². The van der Waals surface area contributed by atoms with Gasteiger partial charge in [0.25, 0.3) is 10.0 Å². The molecule has 0 saturated heterocycles. The molecule has 2 rings (SSSR count). The standard InChI is InChI=1S/C14H19N3O3S/c1-3-9-20-12-5-7-13(8-6-12)21(18,19)17-14-11(4-2)10-15-16-14/h5-8,10H,3-4,9H2,1-2H3,(H2,15,16,17). The van der Waals surface area contributed by atoms with Crippen LogP contribution in [0, 0.1) is 0 Å². The van der Waals surface area contributed by atoms with Gasteiger partial charge in [-0.3, -0.25) is 9.82 Å². The molecule has 0 aliphatic carbocycles. The van der Waals surface area contributed by atoms with Crippen LogP contribution >= 0.6 is 0 Å². The van der Waals surface area contributed by atoms with Gasteiger partial charge in [0.05, 0.1) is 17.7 Å². The Labute approximate surface area is 124 Å². The van der Waals surface area contributed by atoms with E-state index in [1.54, 1.807) is 18.3 Å². The summed E-state index contributed by atoms with van der Waals surface area (Å²) in [6, 6.07) is 6.35. The van der Waals surface area contributed by atoms with Gasteiger partial charge in [-0.2, -0.15) is 5.10 Å². The minimum absolute atomic E-state index is 0.183. The van der Waals surface area contributed by atoms with E-state index in [2.05, 4.69) is 14.9 Å². The number of nitrogens with one attached hydrogen (secondary N) is 2. The van der Waals surface area contributed by atoms with Crippen molar-refractivity contribution < 1.29 is 13.2 Å². The molecule has 114 valence electrons. The summed E-state index contributed by atoms with van der Waals surface area (Å²) in [7, 11) is -3.63. The molecule has 0 saturated carbocycles. The smallest absolute Gasteiger partial charge is 0.263 e. The fraction of sp³-hybridized carbons (Fsp3) is 0.357. The predicted octanol–water partition coefficient (Wildman–Crippen LogP) is 2.56. The van der Waals surface area contributed by atoms with E-state index in [-0.39, 0.29) is 4.90 Å². The third kappa shape index (κ3) is 3.75. The molecule has 6 nitrogen and oxygen atoms in total. The van der Waals surface area contributed by atoms with Gasteiger partial charge in [0, 0.05) is 5.56 Å². The molecule has 1 aromatic carbocycles. The van der Waals surface area contributed by atoms with Crippen LogP contribution in [0.3, 0.4) is 0 Å². The predicted molar refractivity (Wildman–Crippen MR) is 81.0 cm³/mol. The third-order valence-electron chi connectivity index (χ3n) is 2.94. The Hall–Kier alpha value is -2.02. The van der Waals surface area contributed by atoms with Gasteiger partial charge in [0.2, 0.25) is 0 Å². The fourth-order valence-corrected chi connectivity index (χ4v) is 2.85. The molecule has 21 heavy (non-hydrogen) atoms. The molecular weight excluding hydrogens is 290 g/mol. The number of H-pyrrole nitrogens is 1. The van der Waals surface area contributed by atoms with Crippen LogP contribution in [0.15, 0.2) is 35.4 Å². The number of benzene rings is 1. The van der Waals surface area contributed by atoms with Gasteiger partial charge < -0.3 is 4.74 Å². The Morgan fingerprint density at radius 2 is 1.95 bits per heavy atom. The monoisotopic (exact) mass is 309 g/mol. The van der Waals surface area contributed by atoms with E-state index >= 15 is 0 Å². The van der Waals surface area contributed by atoms with Crippen LogP contribution in [0.1, 0.15) is 25.8 Å². The SMILES string of the molecule is CCCOc1ccc(S(=O)(=O)Nc2[nH]ncc2CC)cc1. The number of ether oxygens (including phenoxy) is 1. The Bertz CT molecular complexity index is 678. The van der Waals surface area contributed by atoms with Crippen molar-refractivity contribution in [1.29, 1.82) is 0 Å². The molecule has 2 aromatic rings. The second-order valence-electron chi connectivity index (χ2n) is 4.55. The average Bonchev–Trinajstić information content (AvgIpc) is 2.92. The highest BCUT2D eigenvalue weighted by molar-refractivity contribution is 7.92. The van der Waals surface area contributed by atoms with Crippen molar-refractivity contribution in [2.45, 2.75) is 31.6 Å². The molecule has 0 radical (unpaired) electrons. The number of aromatic amines is 1. The highest BCUT2D eigenvalue weighted by Gasteiger charge is 2.16. The Balaban J connectivity index is 2.16. The minimum atomic E-state index is -3.63. The molecule has 0 atom stereocenters. The Morgan fingerprint density at radius 1 is 1.24 bits per heavy atom. The van der Waals surface area contributed by atoms with Crippen LogP contribution < -0.4 is 9.46 Å². The second kappa shape index (κ2) is 6.62. The van der Waals surface area contributed by atoms with Gasteiger partial charge in [0.15, 0.2) is 0 Å². The first kappa shape index (κ1) is 15.4. The van der Waals surface area contributed by atoms with Gasteiger partial charge in [0.1, 0.15) is 11.6 Å². The van der Waals surface area contributed by atoms with Crippen LogP contribution in [0.4, 0.5) is 5.82 Å². The van der Waals surface area contributed by atoms with E-state index in [1.165, 1.54) is 12.1 Å². The fourth-order valence-electron chi connectivity index (χ4n) is 1.80. The summed E-state index contributed by atoms with van der Waals surface area (Å²) in [6.45, 7) is 4.55. The molecule has 2 N–H and O–H groups in total. The maximum atomic E-state index is 12.3. The van der Waals surface area contributed by atoms with Crippen molar-refractivity contribution >= 4 is 15.8 Å². The zero-order valence-electron chi connectivity index (χ0n) is 12.1. The first-order valence-electron chi connectivity index (χ1n) is 6.84. The van der Waals surface area contributed by atoms with Gasteiger partial charge in [-0.1, -0.05) is 13.8 Å². The second-order valence-corrected chi connectivity index (χ2v) is 6.23. The highest BCUT2D eigenvalue weighted by atomic mass is 32.2. The number of aromatic nitrogens is 2. The Morgan fingerprint density at radius 3 is 2.57 bits per heavy atom. The quantitative estimate of drug-likeness (QED) is 0.823. The summed E-state index contributed by atoms with van der Waals surface area (Å²) in [4.78, 5) is 0.183. The van der Waals surface area contributed by atoms with E-state index in [9.17, 15) is 8.42 Å². The summed E-state index contributed by atoms with van der Waals surface area (Å²) in [5.74, 6) is 1.07. The van der Waals surface area contributed by atoms with E-state index in [1.807, 2.05) is 13.8 Å². The van der Waals surface area contributed by atoms with Crippen LogP contribution in [0.5, 0.6) is 5.75 Å². The normalized spacial score (nSPS) is 11.3. The highest BCUT2D eigenvalue weighted by Crippen LogP contribution is 2.20. The molecule has 0 unspecified atom stereocenters. The van der Waals surface area contributed by atoms with Crippen LogP contribution in [-0.4, -0.2) is 25.2 Å². The summed E-state index contributed by atoms with van der Waals surface area (Å²) in [5.41, 5.74) is 0.821. The molecule has 1 aromatic heterocycles. The molecule has 7 heteroatoms. The van der Waals surface area contributed by atoms with E-state index in [0.29, 0.717) is 24.6 Å². The number of nitrogens with zero attached hydrogens (tertiary/aromatic N) is 1. The zero-order chi connectivity index (χ0) is 15.3. The summed E-state index contributed by atoms with van der Waals surface area (Å²) >= 11 is 0. The minimum Gasteiger partial charge on any atom is -0.494 e. The lowest BCUT2D eigenvalue weighted by atomic mass is 10.3. The van der Waals surface area contributed by atoms with Crippen molar-refractivity contribution in [3.63, 3.8) is 0 Å². The van der Waals surface area contributed by atoms with Crippen molar-refractivity contribution in [3.05, 3.63) is 36.0 Å². The van der Waals surface area contributed by atoms with Gasteiger partial charge in [-0.25, -0.2) is 8.42 Å². The van der Waals surface area contributed by atoms with Crippen LogP contribution in [-0.2, 0) is 16.4 Å². The average molecular weight is 309 g/mol. The molecule has 0 bridgehead atoms. The zero-order valence-corrected chi connectivity index (χ0v) is 12.9. The maximum absolute atomic E-state index is 12.3. The number of anilines is 1. The topological polar surface area (TPSA) is 84.1 Å². The summed E-state index contributed by atoms with van der Waals surface area (Å²) in [6.07, 6.45) is 3.21. The van der Waals surface area contributed by atoms with E-state index < -0.39 is 10.0 Å². The first-order chi connectivity index (χ1) is 10.1. The molecular formula is C14H19N3O3S. The number of aryl methyl sites for hydroxylation is 1. The van der Waals surface area contributed by atoms with Crippen molar-refractivity contribution in [2.75, 3.05) is 11.3 Å². The maximum Gasteiger partial charge on any atom is 0.263 e. The first-order valence-corrected chi connectivity index (χ1v) is 8.33. The third-order valence-corrected chi connectivity index (χ3v) is 4.31. The summed E-state index contributed by atoms with van der Waals surface area (Å²) < 4.78 is 32.5. The largest absolute Gasteiger partial charge is 0.494 e. The van der Waals surface area contributed by atoms with Crippen molar-refractivity contribution in [2.24, 2.45) is 0 Å². The lowest BCUT2D eigenvalue weighted by Crippen LogP contribution is -2.14. The van der Waals surface area contributed by atoms with Gasteiger partial charge in [-0.15, -0.1) is 0 Å². The lowest BCUT2D eigenvalue weighted by Gasteiger charge is -2.09. The number of sulfonamides is 1. The van der Waals surface area contributed by atoms with Crippen LogP contribution in [0.2, 0.25) is 0 Å². The summed E-state index contributed by atoms with van der Waals surface area (Å²) in [5, 5.41) is 6.50. The number of hydrogen-bond acceptors (Lipinski definition) is 4. The molecule has 0 aliphatic rings. The van der Waals surface area contributed by atoms with E-state index in [0.717, 1.165) is 12.0 Å². The number of hydrogen-bond donors (Lipinski definition) is 2. The molecule has 1 heterocycles. The molecule has 0 amide bonds. The van der Waals surface area contributed by atoms with Gasteiger partial charge in [-0.05, 0) is 37.1 Å². The Kier molecular flexibility index (Phi) is 4.85. The molecule has 0 aliphatic heterocycles. The lowest BCUT2D eigenvalue weighted by molar-refractivity contribution is 0.317. The van der Waals surface area contributed by atoms with Crippen molar-refractivity contribution in [1.82, 2.24) is 10.2 Å².